The molecule has 0 atom stereocenters. The second-order valence-corrected chi connectivity index (χ2v) is 6.42. The van der Waals surface area contributed by atoms with E-state index < -0.39 is 5.60 Å². The smallest absolute Gasteiger partial charge is 0.410 e. The fourth-order valence-electron chi connectivity index (χ4n) is 2.49. The minimum atomic E-state index is -0.477. The average molecular weight is 298 g/mol. The van der Waals surface area contributed by atoms with Gasteiger partial charge in [-0.1, -0.05) is 30.3 Å². The molecule has 4 heteroatoms. The van der Waals surface area contributed by atoms with Gasteiger partial charge >= 0.3 is 6.09 Å². The van der Waals surface area contributed by atoms with Gasteiger partial charge in [-0.15, -0.1) is 0 Å². The van der Waals surface area contributed by atoms with Crippen LogP contribution in [0.5, 0.6) is 0 Å². The van der Waals surface area contributed by atoms with Crippen LogP contribution in [0.25, 0.3) is 5.57 Å². The summed E-state index contributed by atoms with van der Waals surface area (Å²) < 4.78 is 5.39. The van der Waals surface area contributed by atoms with Crippen molar-refractivity contribution in [2.75, 3.05) is 13.1 Å². The van der Waals surface area contributed by atoms with Crippen molar-refractivity contribution in [3.63, 3.8) is 0 Å². The lowest BCUT2D eigenvalue weighted by molar-refractivity contribution is 0.0236. The van der Waals surface area contributed by atoms with Crippen molar-refractivity contribution in [2.24, 2.45) is 0 Å². The van der Waals surface area contributed by atoms with E-state index >= 15 is 0 Å². The number of amides is 1. The van der Waals surface area contributed by atoms with Gasteiger partial charge in [0.05, 0.1) is 11.6 Å². The summed E-state index contributed by atoms with van der Waals surface area (Å²) in [7, 11) is 0. The van der Waals surface area contributed by atoms with Crippen LogP contribution in [0, 0.1) is 11.3 Å². The van der Waals surface area contributed by atoms with Crippen molar-refractivity contribution in [3.8, 4) is 6.07 Å². The van der Waals surface area contributed by atoms with E-state index in [-0.39, 0.29) is 6.09 Å². The first-order valence-electron chi connectivity index (χ1n) is 7.56. The lowest BCUT2D eigenvalue weighted by Gasteiger charge is -2.31. The van der Waals surface area contributed by atoms with Crippen LogP contribution in [0.4, 0.5) is 4.79 Å². The number of ether oxygens (including phenoxy) is 1. The molecule has 1 aromatic rings. The van der Waals surface area contributed by atoms with Crippen LogP contribution >= 0.6 is 0 Å². The fourth-order valence-corrected chi connectivity index (χ4v) is 2.49. The molecule has 22 heavy (non-hydrogen) atoms. The number of nitrogens with zero attached hydrogens (tertiary/aromatic N) is 2. The highest BCUT2D eigenvalue weighted by atomic mass is 16.6. The Labute approximate surface area is 132 Å². The SMILES string of the molecule is CC(C)(C)OC(=O)N1CCC(=C(C#N)c2ccccc2)CC1. The first-order chi connectivity index (χ1) is 10.4. The maximum Gasteiger partial charge on any atom is 0.410 e. The highest BCUT2D eigenvalue weighted by Crippen LogP contribution is 2.27. The molecule has 1 aromatic carbocycles. The van der Waals surface area contributed by atoms with Gasteiger partial charge in [0.25, 0.3) is 0 Å². The number of likely N-dealkylation sites (tertiary alicyclic amines) is 1. The Kier molecular flexibility index (Phi) is 4.87. The van der Waals surface area contributed by atoms with Crippen molar-refractivity contribution in [1.29, 1.82) is 5.26 Å². The molecule has 1 heterocycles. The molecule has 0 saturated carbocycles. The number of rotatable bonds is 1. The predicted molar refractivity (Wildman–Crippen MR) is 86.0 cm³/mol. The first-order valence-corrected chi connectivity index (χ1v) is 7.56. The van der Waals surface area contributed by atoms with Gasteiger partial charge in [-0.05, 0) is 44.7 Å². The number of piperidine rings is 1. The van der Waals surface area contributed by atoms with Gasteiger partial charge in [-0.2, -0.15) is 5.26 Å². The van der Waals surface area contributed by atoms with Gasteiger partial charge in [-0.25, -0.2) is 4.79 Å². The second kappa shape index (κ2) is 6.65. The van der Waals surface area contributed by atoms with Crippen LogP contribution in [-0.2, 0) is 4.74 Å². The molecule has 0 spiro atoms. The molecule has 0 bridgehead atoms. The largest absolute Gasteiger partial charge is 0.444 e. The number of allylic oxidation sites excluding steroid dienone is 1. The summed E-state index contributed by atoms with van der Waals surface area (Å²) in [6.07, 6.45) is 1.17. The Morgan fingerprint density at radius 1 is 1.18 bits per heavy atom. The van der Waals surface area contributed by atoms with Crippen LogP contribution in [0.3, 0.4) is 0 Å². The topological polar surface area (TPSA) is 53.3 Å². The van der Waals surface area contributed by atoms with Crippen LogP contribution in [0.1, 0.15) is 39.2 Å². The maximum absolute atomic E-state index is 12.1. The molecule has 2 rings (SSSR count). The molecule has 1 aliphatic heterocycles. The third-order valence-corrected chi connectivity index (χ3v) is 3.55. The highest BCUT2D eigenvalue weighted by Gasteiger charge is 2.25. The predicted octanol–water partition coefficient (Wildman–Crippen LogP) is 3.99. The van der Waals surface area contributed by atoms with E-state index in [1.165, 1.54) is 0 Å². The number of hydrogen-bond acceptors (Lipinski definition) is 3. The molecule has 0 radical (unpaired) electrons. The lowest BCUT2D eigenvalue weighted by Crippen LogP contribution is -2.40. The summed E-state index contributed by atoms with van der Waals surface area (Å²) >= 11 is 0. The number of hydrogen-bond donors (Lipinski definition) is 0. The third kappa shape index (κ3) is 4.11. The fraction of sp³-hybridized carbons (Fsp3) is 0.444. The Hall–Kier alpha value is -2.28. The van der Waals surface area contributed by atoms with Crippen LogP contribution in [0.2, 0.25) is 0 Å². The first kappa shape index (κ1) is 16.1. The highest BCUT2D eigenvalue weighted by molar-refractivity contribution is 5.79. The monoisotopic (exact) mass is 298 g/mol. The van der Waals surface area contributed by atoms with Crippen molar-refractivity contribution >= 4 is 11.7 Å². The van der Waals surface area contributed by atoms with Crippen molar-refractivity contribution in [2.45, 2.75) is 39.2 Å². The molecule has 0 aromatic heterocycles. The summed E-state index contributed by atoms with van der Waals surface area (Å²) in [6, 6.07) is 12.0. The van der Waals surface area contributed by atoms with Gasteiger partial charge < -0.3 is 9.64 Å². The van der Waals surface area contributed by atoms with Crippen molar-refractivity contribution < 1.29 is 9.53 Å². The number of carbonyl (C=O) groups excluding carboxylic acids is 1. The zero-order valence-electron chi connectivity index (χ0n) is 13.4. The van der Waals surface area contributed by atoms with E-state index in [1.54, 1.807) is 4.90 Å². The summed E-state index contributed by atoms with van der Waals surface area (Å²) in [5.74, 6) is 0. The zero-order valence-corrected chi connectivity index (χ0v) is 13.4. The van der Waals surface area contributed by atoms with E-state index in [9.17, 15) is 10.1 Å². The summed E-state index contributed by atoms with van der Waals surface area (Å²) in [5, 5.41) is 9.45. The van der Waals surface area contributed by atoms with E-state index in [0.29, 0.717) is 13.1 Å². The van der Waals surface area contributed by atoms with E-state index in [2.05, 4.69) is 6.07 Å². The molecule has 1 saturated heterocycles. The Morgan fingerprint density at radius 2 is 1.77 bits per heavy atom. The molecule has 1 amide bonds. The molecule has 116 valence electrons. The molecule has 0 aliphatic carbocycles. The summed E-state index contributed by atoms with van der Waals surface area (Å²) in [4.78, 5) is 13.8. The third-order valence-electron chi connectivity index (χ3n) is 3.55. The average Bonchev–Trinajstić information content (AvgIpc) is 2.48. The second-order valence-electron chi connectivity index (χ2n) is 6.42. The molecule has 1 aliphatic rings. The summed E-state index contributed by atoms with van der Waals surface area (Å²) in [6.45, 7) is 6.79. The van der Waals surface area contributed by atoms with Crippen molar-refractivity contribution in [1.82, 2.24) is 4.90 Å². The van der Waals surface area contributed by atoms with Crippen LogP contribution < -0.4 is 0 Å². The Morgan fingerprint density at radius 3 is 2.27 bits per heavy atom. The zero-order chi connectivity index (χ0) is 16.2. The number of carbonyl (C=O) groups is 1. The van der Waals surface area contributed by atoms with Gasteiger partial charge in [0.15, 0.2) is 0 Å². The van der Waals surface area contributed by atoms with Gasteiger partial charge in [0, 0.05) is 13.1 Å². The van der Waals surface area contributed by atoms with E-state index in [0.717, 1.165) is 29.6 Å². The van der Waals surface area contributed by atoms with Gasteiger partial charge in [0.1, 0.15) is 5.60 Å². The molecule has 4 nitrogen and oxygen atoms in total. The van der Waals surface area contributed by atoms with Crippen molar-refractivity contribution in [3.05, 3.63) is 41.5 Å². The number of benzene rings is 1. The molecule has 1 fully saturated rings. The van der Waals surface area contributed by atoms with Crippen LogP contribution in [0.15, 0.2) is 35.9 Å². The minimum absolute atomic E-state index is 0.273. The summed E-state index contributed by atoms with van der Waals surface area (Å²) in [5.41, 5.74) is 2.33. The van der Waals surface area contributed by atoms with Gasteiger partial charge in [0.2, 0.25) is 0 Å². The lowest BCUT2D eigenvalue weighted by atomic mass is 9.94. The van der Waals surface area contributed by atoms with Crippen LogP contribution in [-0.4, -0.2) is 29.7 Å². The van der Waals surface area contributed by atoms with Gasteiger partial charge in [-0.3, -0.25) is 0 Å². The quantitative estimate of drug-likeness (QED) is 0.736. The molecule has 0 N–H and O–H groups in total. The maximum atomic E-state index is 12.1. The van der Waals surface area contributed by atoms with E-state index in [4.69, 9.17) is 4.74 Å². The molecular weight excluding hydrogens is 276 g/mol. The minimum Gasteiger partial charge on any atom is -0.444 e. The number of nitriles is 1. The standard InChI is InChI=1S/C18H22N2O2/c1-18(2,3)22-17(21)20-11-9-15(10-12-20)16(13-19)14-7-5-4-6-8-14/h4-8H,9-12H2,1-3H3. The Balaban J connectivity index is 2.06. The van der Waals surface area contributed by atoms with E-state index in [1.807, 2.05) is 51.1 Å². The normalized spacial score (nSPS) is 15.2. The Bertz CT molecular complexity index is 596. The molecule has 0 unspecified atom stereocenters. The molecular formula is C18H22N2O2.